The van der Waals surface area contributed by atoms with Gasteiger partial charge in [-0.3, -0.25) is 4.79 Å². The summed E-state index contributed by atoms with van der Waals surface area (Å²) < 4.78 is 0. The highest BCUT2D eigenvalue weighted by Crippen LogP contribution is 2.17. The quantitative estimate of drug-likeness (QED) is 0.642. The van der Waals surface area contributed by atoms with Gasteiger partial charge in [-0.1, -0.05) is 17.2 Å². The van der Waals surface area contributed by atoms with Crippen molar-refractivity contribution in [3.8, 4) is 0 Å². The Kier molecular flexibility index (Phi) is 7.82. The normalized spacial score (nSPS) is 13.6. The summed E-state index contributed by atoms with van der Waals surface area (Å²) in [7, 11) is 0. The fraction of sp³-hybridized carbons (Fsp3) is 0.643. The van der Waals surface area contributed by atoms with Crippen molar-refractivity contribution in [3.63, 3.8) is 0 Å². The molecule has 2 nitrogen and oxygen atoms in total. The van der Waals surface area contributed by atoms with Gasteiger partial charge in [0.2, 0.25) is 0 Å². The third kappa shape index (κ3) is 7.41. The van der Waals surface area contributed by atoms with Crippen LogP contribution in [0, 0.1) is 5.92 Å². The number of hydrogen-bond acceptors (Lipinski definition) is 2. The van der Waals surface area contributed by atoms with E-state index in [0.717, 1.165) is 30.4 Å². The molecule has 92 valence electrons. The van der Waals surface area contributed by atoms with E-state index in [4.69, 9.17) is 5.11 Å². The van der Waals surface area contributed by atoms with Crippen molar-refractivity contribution >= 4 is 5.78 Å². The second-order valence-corrected chi connectivity index (χ2v) is 4.56. The minimum atomic E-state index is 0.102. The smallest absolute Gasteiger partial charge is 0.133 e. The summed E-state index contributed by atoms with van der Waals surface area (Å²) in [6.07, 6.45) is 5.35. The maximum atomic E-state index is 11.4. The number of aliphatic hydroxyl groups excluding tert-OH is 1. The van der Waals surface area contributed by atoms with Crippen molar-refractivity contribution in [2.24, 2.45) is 5.92 Å². The molecule has 0 aliphatic carbocycles. The summed E-state index contributed by atoms with van der Waals surface area (Å²) in [6, 6.07) is 0. The standard InChI is InChI=1S/C14H24O2/c1-11(2)5-7-14(13(4)16)8-6-12(3)9-10-15/h6,14-15H,1,5,7-10H2,2-4H3/b12-6-. The average Bonchev–Trinajstić information content (AvgIpc) is 2.17. The van der Waals surface area contributed by atoms with Crippen molar-refractivity contribution < 1.29 is 9.90 Å². The zero-order valence-electron chi connectivity index (χ0n) is 10.8. The first kappa shape index (κ1) is 15.1. The molecule has 0 saturated heterocycles. The van der Waals surface area contributed by atoms with Gasteiger partial charge in [0.05, 0.1) is 0 Å². The molecule has 0 fully saturated rings. The lowest BCUT2D eigenvalue weighted by molar-refractivity contribution is -0.120. The Balaban J connectivity index is 4.18. The Morgan fingerprint density at radius 1 is 1.31 bits per heavy atom. The van der Waals surface area contributed by atoms with Crippen LogP contribution < -0.4 is 0 Å². The van der Waals surface area contributed by atoms with Gasteiger partial charge in [0.15, 0.2) is 0 Å². The summed E-state index contributed by atoms with van der Waals surface area (Å²) in [6.45, 7) is 9.66. The van der Waals surface area contributed by atoms with E-state index < -0.39 is 0 Å². The average molecular weight is 224 g/mol. The number of allylic oxidation sites excluding steroid dienone is 2. The van der Waals surface area contributed by atoms with Crippen LogP contribution in [0.2, 0.25) is 0 Å². The van der Waals surface area contributed by atoms with E-state index in [0.29, 0.717) is 6.42 Å². The first-order valence-corrected chi connectivity index (χ1v) is 5.88. The molecule has 0 saturated carbocycles. The van der Waals surface area contributed by atoms with E-state index in [1.54, 1.807) is 6.92 Å². The number of carbonyl (C=O) groups excluding carboxylic acids is 1. The molecule has 0 aromatic heterocycles. The number of Topliss-reactive ketones (excluding diaryl/α,β-unsaturated/α-hetero) is 1. The molecule has 2 heteroatoms. The molecular weight excluding hydrogens is 200 g/mol. The Morgan fingerprint density at radius 2 is 1.94 bits per heavy atom. The zero-order valence-corrected chi connectivity index (χ0v) is 10.8. The number of carbonyl (C=O) groups is 1. The lowest BCUT2D eigenvalue weighted by Crippen LogP contribution is -2.10. The van der Waals surface area contributed by atoms with E-state index in [9.17, 15) is 4.79 Å². The van der Waals surface area contributed by atoms with E-state index in [-0.39, 0.29) is 18.3 Å². The molecule has 0 amide bonds. The van der Waals surface area contributed by atoms with Crippen LogP contribution in [-0.4, -0.2) is 17.5 Å². The van der Waals surface area contributed by atoms with E-state index in [2.05, 4.69) is 12.7 Å². The third-order valence-corrected chi connectivity index (χ3v) is 2.75. The maximum absolute atomic E-state index is 11.4. The zero-order chi connectivity index (χ0) is 12.6. The van der Waals surface area contributed by atoms with Gasteiger partial charge in [-0.2, -0.15) is 0 Å². The Morgan fingerprint density at radius 3 is 2.38 bits per heavy atom. The van der Waals surface area contributed by atoms with Crippen molar-refractivity contribution in [1.29, 1.82) is 0 Å². The van der Waals surface area contributed by atoms with Gasteiger partial charge in [-0.05, 0) is 46.5 Å². The van der Waals surface area contributed by atoms with Crippen LogP contribution >= 0.6 is 0 Å². The van der Waals surface area contributed by atoms with Gasteiger partial charge in [-0.25, -0.2) is 0 Å². The van der Waals surface area contributed by atoms with Gasteiger partial charge in [0.25, 0.3) is 0 Å². The summed E-state index contributed by atoms with van der Waals surface area (Å²) in [5.74, 6) is 0.347. The van der Waals surface area contributed by atoms with Gasteiger partial charge in [0, 0.05) is 12.5 Å². The van der Waals surface area contributed by atoms with Crippen LogP contribution in [0.5, 0.6) is 0 Å². The van der Waals surface area contributed by atoms with Crippen molar-refractivity contribution in [3.05, 3.63) is 23.8 Å². The summed E-state index contributed by atoms with van der Waals surface area (Å²) >= 11 is 0. The van der Waals surface area contributed by atoms with Crippen LogP contribution in [-0.2, 0) is 4.79 Å². The van der Waals surface area contributed by atoms with Crippen molar-refractivity contribution in [1.82, 2.24) is 0 Å². The second kappa shape index (κ2) is 8.28. The molecule has 0 aliphatic heterocycles. The SMILES string of the molecule is C=C(C)CCC(C/C=C(/C)CCO)C(C)=O. The first-order chi connectivity index (χ1) is 7.47. The van der Waals surface area contributed by atoms with Crippen molar-refractivity contribution in [2.75, 3.05) is 6.61 Å². The molecular formula is C14H24O2. The Bertz CT molecular complexity index is 264. The van der Waals surface area contributed by atoms with Crippen LogP contribution in [0.3, 0.4) is 0 Å². The monoisotopic (exact) mass is 224 g/mol. The molecule has 0 aromatic rings. The lowest BCUT2D eigenvalue weighted by Gasteiger charge is -2.11. The predicted octanol–water partition coefficient (Wildman–Crippen LogP) is 3.27. The molecule has 16 heavy (non-hydrogen) atoms. The second-order valence-electron chi connectivity index (χ2n) is 4.56. The lowest BCUT2D eigenvalue weighted by atomic mass is 9.93. The Labute approximate surface area is 99.1 Å². The minimum Gasteiger partial charge on any atom is -0.396 e. The molecule has 0 radical (unpaired) electrons. The molecule has 0 aromatic carbocycles. The molecule has 1 atom stereocenters. The molecule has 0 bridgehead atoms. The maximum Gasteiger partial charge on any atom is 0.133 e. The summed E-state index contributed by atoms with van der Waals surface area (Å²) in [4.78, 5) is 11.4. The molecule has 1 N–H and O–H groups in total. The van der Waals surface area contributed by atoms with Crippen LogP contribution in [0.25, 0.3) is 0 Å². The molecule has 0 heterocycles. The molecule has 0 rings (SSSR count). The third-order valence-electron chi connectivity index (χ3n) is 2.75. The number of aliphatic hydroxyl groups is 1. The Hall–Kier alpha value is -0.890. The van der Waals surface area contributed by atoms with Gasteiger partial charge >= 0.3 is 0 Å². The van der Waals surface area contributed by atoms with Crippen LogP contribution in [0.4, 0.5) is 0 Å². The molecule has 1 unspecified atom stereocenters. The van der Waals surface area contributed by atoms with Gasteiger partial charge in [0.1, 0.15) is 5.78 Å². The predicted molar refractivity (Wildman–Crippen MR) is 68.3 cm³/mol. The van der Waals surface area contributed by atoms with E-state index in [1.807, 2.05) is 13.8 Å². The highest BCUT2D eigenvalue weighted by atomic mass is 16.2. The van der Waals surface area contributed by atoms with Gasteiger partial charge < -0.3 is 5.11 Å². The number of rotatable bonds is 8. The number of ketones is 1. The minimum absolute atomic E-state index is 0.102. The first-order valence-electron chi connectivity index (χ1n) is 5.88. The topological polar surface area (TPSA) is 37.3 Å². The highest BCUT2D eigenvalue weighted by molar-refractivity contribution is 5.78. The largest absolute Gasteiger partial charge is 0.396 e. The van der Waals surface area contributed by atoms with E-state index in [1.165, 1.54) is 0 Å². The van der Waals surface area contributed by atoms with Gasteiger partial charge in [-0.15, -0.1) is 6.58 Å². The van der Waals surface area contributed by atoms with E-state index >= 15 is 0 Å². The van der Waals surface area contributed by atoms with Crippen LogP contribution in [0.15, 0.2) is 23.8 Å². The fourth-order valence-electron chi connectivity index (χ4n) is 1.53. The highest BCUT2D eigenvalue weighted by Gasteiger charge is 2.12. The number of hydrogen-bond donors (Lipinski definition) is 1. The van der Waals surface area contributed by atoms with Crippen molar-refractivity contribution in [2.45, 2.75) is 46.5 Å². The van der Waals surface area contributed by atoms with Crippen LogP contribution in [0.1, 0.15) is 46.5 Å². The summed E-state index contributed by atoms with van der Waals surface area (Å²) in [5, 5.41) is 8.77. The fourth-order valence-corrected chi connectivity index (χ4v) is 1.53. The molecule has 0 spiro atoms. The summed E-state index contributed by atoms with van der Waals surface area (Å²) in [5.41, 5.74) is 2.28. The molecule has 0 aliphatic rings.